The molecule has 0 aromatic heterocycles. The highest BCUT2D eigenvalue weighted by atomic mass is 35.5. The summed E-state index contributed by atoms with van der Waals surface area (Å²) >= 11 is 6.19. The molecule has 1 aliphatic carbocycles. The number of nitrogens with zero attached hydrogens (tertiary/aromatic N) is 3. The van der Waals surface area contributed by atoms with Gasteiger partial charge in [-0.25, -0.2) is 8.78 Å². The van der Waals surface area contributed by atoms with Crippen LogP contribution in [0.25, 0.3) is 0 Å². The zero-order valence-electron chi connectivity index (χ0n) is 21.5. The first-order valence-corrected chi connectivity index (χ1v) is 13.0. The Hall–Kier alpha value is -3.43. The molecule has 1 saturated heterocycles. The third-order valence-corrected chi connectivity index (χ3v) is 7.42. The Bertz CT molecular complexity index is 1340. The summed E-state index contributed by atoms with van der Waals surface area (Å²) in [5.74, 6) is -4.17. The Morgan fingerprint density at radius 1 is 1.15 bits per heavy atom. The molecule has 1 heterocycles. The summed E-state index contributed by atoms with van der Waals surface area (Å²) in [7, 11) is 0. The molecule has 13 heteroatoms. The highest BCUT2D eigenvalue weighted by Crippen LogP contribution is 2.45. The van der Waals surface area contributed by atoms with E-state index in [4.69, 9.17) is 16.9 Å². The second kappa shape index (κ2) is 11.6. The van der Waals surface area contributed by atoms with Gasteiger partial charge in [0.15, 0.2) is 11.6 Å². The predicted octanol–water partition coefficient (Wildman–Crippen LogP) is 5.25. The Morgan fingerprint density at radius 3 is 2.50 bits per heavy atom. The molecular weight excluding hydrogens is 557 g/mol. The minimum atomic E-state index is -4.25. The molecular formula is C27H27ClF5N5O2. The number of anilines is 2. The van der Waals surface area contributed by atoms with Gasteiger partial charge in [0, 0.05) is 49.4 Å². The number of amides is 2. The largest absolute Gasteiger partial charge is 0.390 e. The molecule has 2 amide bonds. The first-order valence-electron chi connectivity index (χ1n) is 12.7. The molecule has 1 saturated carbocycles. The van der Waals surface area contributed by atoms with Crippen LogP contribution in [0, 0.1) is 28.4 Å². The average Bonchev–Trinajstić information content (AvgIpc) is 3.70. The number of piperazine rings is 1. The summed E-state index contributed by atoms with van der Waals surface area (Å²) in [4.78, 5) is 28.7. The molecule has 2 aromatic carbocycles. The van der Waals surface area contributed by atoms with Gasteiger partial charge in [-0.2, -0.15) is 18.4 Å². The highest BCUT2D eigenvalue weighted by molar-refractivity contribution is 6.31. The zero-order chi connectivity index (χ0) is 29.2. The van der Waals surface area contributed by atoms with Gasteiger partial charge in [0.2, 0.25) is 5.91 Å². The van der Waals surface area contributed by atoms with E-state index in [-0.39, 0.29) is 30.4 Å². The van der Waals surface area contributed by atoms with Crippen LogP contribution in [0.4, 0.5) is 33.3 Å². The van der Waals surface area contributed by atoms with Crippen molar-refractivity contribution in [2.45, 2.75) is 44.9 Å². The normalized spacial score (nSPS) is 18.6. The standard InChI is InChI=1S/C27H27ClF5N5O2/c1-16-14-37(9-8-27(31,32)33)10-11-38(16)21-12-18(28)3-5-20(21)36-24(39)19-4-2-17(22(29)23(19)30)13-35-25(40)26(15-34)6-7-26/h2-5,12,16H,6-11,13-14H2,1H3,(H,35,40)(H,36,39)/t16-/m0/s1. The summed E-state index contributed by atoms with van der Waals surface area (Å²) < 4.78 is 67.6. The molecule has 0 bridgehead atoms. The maximum absolute atomic E-state index is 14.9. The van der Waals surface area contributed by atoms with Crippen molar-refractivity contribution in [3.8, 4) is 6.07 Å². The Morgan fingerprint density at radius 2 is 1.88 bits per heavy atom. The van der Waals surface area contributed by atoms with E-state index >= 15 is 0 Å². The van der Waals surface area contributed by atoms with Crippen LogP contribution in [-0.2, 0) is 11.3 Å². The number of nitrogens with one attached hydrogen (secondary N) is 2. The molecule has 2 fully saturated rings. The van der Waals surface area contributed by atoms with Crippen LogP contribution in [0.2, 0.25) is 5.02 Å². The fourth-order valence-electron chi connectivity index (χ4n) is 4.68. The third-order valence-electron chi connectivity index (χ3n) is 7.19. The summed E-state index contributed by atoms with van der Waals surface area (Å²) in [6.07, 6.45) is -4.34. The molecule has 0 unspecified atom stereocenters. The van der Waals surface area contributed by atoms with Crippen molar-refractivity contribution in [1.29, 1.82) is 5.26 Å². The lowest BCUT2D eigenvalue weighted by atomic mass is 10.1. The Kier molecular flexibility index (Phi) is 8.56. The molecule has 1 atom stereocenters. The fourth-order valence-corrected chi connectivity index (χ4v) is 4.84. The Labute approximate surface area is 232 Å². The zero-order valence-corrected chi connectivity index (χ0v) is 22.3. The van der Waals surface area contributed by atoms with Crippen LogP contribution < -0.4 is 15.5 Å². The van der Waals surface area contributed by atoms with Crippen molar-refractivity contribution >= 4 is 34.8 Å². The van der Waals surface area contributed by atoms with Crippen molar-refractivity contribution in [2.24, 2.45) is 5.41 Å². The van der Waals surface area contributed by atoms with E-state index in [1.807, 2.05) is 17.9 Å². The van der Waals surface area contributed by atoms with E-state index in [0.717, 1.165) is 6.07 Å². The molecule has 0 spiro atoms. The fraction of sp³-hybridized carbons (Fsp3) is 0.444. The summed E-state index contributed by atoms with van der Waals surface area (Å²) in [5, 5.41) is 14.5. The lowest BCUT2D eigenvalue weighted by molar-refractivity contribution is -0.138. The monoisotopic (exact) mass is 583 g/mol. The molecule has 2 aliphatic rings. The molecule has 214 valence electrons. The molecule has 0 radical (unpaired) electrons. The predicted molar refractivity (Wildman–Crippen MR) is 139 cm³/mol. The van der Waals surface area contributed by atoms with E-state index in [0.29, 0.717) is 43.2 Å². The van der Waals surface area contributed by atoms with Crippen LogP contribution in [0.1, 0.15) is 42.1 Å². The minimum Gasteiger partial charge on any atom is -0.365 e. The number of hydrogen-bond donors (Lipinski definition) is 2. The van der Waals surface area contributed by atoms with Crippen LogP contribution >= 0.6 is 11.6 Å². The molecule has 1 aliphatic heterocycles. The van der Waals surface area contributed by atoms with Crippen LogP contribution in [-0.4, -0.2) is 55.1 Å². The topological polar surface area (TPSA) is 88.5 Å². The van der Waals surface area contributed by atoms with Crippen molar-refractivity contribution in [3.05, 3.63) is 58.1 Å². The van der Waals surface area contributed by atoms with E-state index in [2.05, 4.69) is 10.6 Å². The van der Waals surface area contributed by atoms with Gasteiger partial charge in [-0.15, -0.1) is 0 Å². The second-order valence-corrected chi connectivity index (χ2v) is 10.5. The van der Waals surface area contributed by atoms with Crippen LogP contribution in [0.5, 0.6) is 0 Å². The van der Waals surface area contributed by atoms with Crippen LogP contribution in [0.3, 0.4) is 0 Å². The molecule has 4 rings (SSSR count). The van der Waals surface area contributed by atoms with E-state index in [1.54, 1.807) is 11.0 Å². The molecule has 2 N–H and O–H groups in total. The highest BCUT2D eigenvalue weighted by Gasteiger charge is 2.50. The van der Waals surface area contributed by atoms with Gasteiger partial charge in [0.1, 0.15) is 5.41 Å². The third kappa shape index (κ3) is 6.64. The maximum atomic E-state index is 14.9. The summed E-state index contributed by atoms with van der Waals surface area (Å²) in [6, 6.07) is 8.60. The number of halogens is 6. The Balaban J connectivity index is 1.46. The van der Waals surface area contributed by atoms with E-state index in [1.165, 1.54) is 18.2 Å². The van der Waals surface area contributed by atoms with Gasteiger partial charge in [0.05, 0.1) is 29.4 Å². The summed E-state index contributed by atoms with van der Waals surface area (Å²) in [6.45, 7) is 2.43. The first-order chi connectivity index (χ1) is 18.8. The van der Waals surface area contributed by atoms with Gasteiger partial charge >= 0.3 is 6.18 Å². The van der Waals surface area contributed by atoms with Crippen LogP contribution in [0.15, 0.2) is 30.3 Å². The van der Waals surface area contributed by atoms with Gasteiger partial charge in [0.25, 0.3) is 5.91 Å². The quantitative estimate of drug-likeness (QED) is 0.414. The van der Waals surface area contributed by atoms with Crippen molar-refractivity contribution in [1.82, 2.24) is 10.2 Å². The van der Waals surface area contributed by atoms with E-state index in [9.17, 15) is 31.5 Å². The summed E-state index contributed by atoms with van der Waals surface area (Å²) in [5.41, 5.74) is -1.09. The van der Waals surface area contributed by atoms with Crippen molar-refractivity contribution in [3.63, 3.8) is 0 Å². The SMILES string of the molecule is C[C@H]1CN(CCC(F)(F)F)CCN1c1cc(Cl)ccc1NC(=O)c1ccc(CNC(=O)C2(C#N)CC2)c(F)c1F. The van der Waals surface area contributed by atoms with Crippen molar-refractivity contribution < 1.29 is 31.5 Å². The van der Waals surface area contributed by atoms with Crippen molar-refractivity contribution in [2.75, 3.05) is 36.4 Å². The average molecular weight is 584 g/mol. The number of rotatable bonds is 8. The van der Waals surface area contributed by atoms with Gasteiger partial charge < -0.3 is 15.5 Å². The smallest absolute Gasteiger partial charge is 0.365 e. The number of hydrogen-bond acceptors (Lipinski definition) is 5. The van der Waals surface area contributed by atoms with Gasteiger partial charge in [-0.1, -0.05) is 17.7 Å². The van der Waals surface area contributed by atoms with E-state index < -0.39 is 47.0 Å². The molecule has 2 aromatic rings. The second-order valence-electron chi connectivity index (χ2n) is 10.1. The number of nitriles is 1. The number of benzene rings is 2. The number of alkyl halides is 3. The maximum Gasteiger partial charge on any atom is 0.390 e. The number of carbonyl (C=O) groups excluding carboxylic acids is 2. The first kappa shape index (κ1) is 29.6. The molecule has 40 heavy (non-hydrogen) atoms. The van der Waals surface area contributed by atoms with Gasteiger partial charge in [-0.05, 0) is 44.0 Å². The van der Waals surface area contributed by atoms with Gasteiger partial charge in [-0.3, -0.25) is 14.5 Å². The number of carbonyl (C=O) groups is 2. The lowest BCUT2D eigenvalue weighted by Crippen LogP contribution is -2.52. The lowest BCUT2D eigenvalue weighted by Gasteiger charge is -2.42. The minimum absolute atomic E-state index is 0.121. The molecule has 7 nitrogen and oxygen atoms in total.